The maximum atomic E-state index is 14.7. The first-order chi connectivity index (χ1) is 15.5. The van der Waals surface area contributed by atoms with Crippen LogP contribution in [0.2, 0.25) is 0 Å². The molecule has 7 nitrogen and oxygen atoms in total. The number of rotatable bonds is 3. The molecule has 1 aromatic heterocycles. The molecule has 3 heterocycles. The van der Waals surface area contributed by atoms with E-state index in [0.717, 1.165) is 31.7 Å². The molecule has 1 amide bonds. The molecule has 0 radical (unpaired) electrons. The van der Waals surface area contributed by atoms with Crippen molar-refractivity contribution in [2.45, 2.75) is 6.42 Å². The maximum Gasteiger partial charge on any atom is 0.254 e. The van der Waals surface area contributed by atoms with Gasteiger partial charge in [0.15, 0.2) is 0 Å². The number of aromatic nitrogens is 2. The van der Waals surface area contributed by atoms with E-state index in [1.54, 1.807) is 12.3 Å². The zero-order valence-electron chi connectivity index (χ0n) is 17.9. The average molecular weight is 433 g/mol. The summed E-state index contributed by atoms with van der Waals surface area (Å²) in [5.74, 6) is -0.733. The minimum atomic E-state index is -0.571. The summed E-state index contributed by atoms with van der Waals surface area (Å²) in [6.07, 6.45) is 2.19. The van der Waals surface area contributed by atoms with E-state index in [4.69, 9.17) is 10.7 Å². The second kappa shape index (κ2) is 8.20. The molecule has 0 bridgehead atoms. The van der Waals surface area contributed by atoms with E-state index in [-0.39, 0.29) is 17.3 Å². The lowest BCUT2D eigenvalue weighted by molar-refractivity contribution is 0.0941. The second-order valence-electron chi connectivity index (χ2n) is 8.32. The van der Waals surface area contributed by atoms with Crippen LogP contribution in [0.25, 0.3) is 22.5 Å². The number of fused-ring (bicyclic) bond motifs is 1. The Balaban J connectivity index is 1.46. The van der Waals surface area contributed by atoms with Crippen molar-refractivity contribution in [1.29, 1.82) is 0 Å². The zero-order valence-corrected chi connectivity index (χ0v) is 17.9. The fourth-order valence-corrected chi connectivity index (χ4v) is 4.31. The van der Waals surface area contributed by atoms with Crippen LogP contribution in [0.1, 0.15) is 15.9 Å². The third kappa shape index (κ3) is 3.78. The lowest BCUT2D eigenvalue weighted by Crippen LogP contribution is -2.44. The molecule has 2 aromatic carbocycles. The highest BCUT2D eigenvalue weighted by molar-refractivity contribution is 5.97. The monoisotopic (exact) mass is 432 g/mol. The molecular formula is C24H25FN6O. The van der Waals surface area contributed by atoms with Gasteiger partial charge in [0.2, 0.25) is 0 Å². The predicted molar refractivity (Wildman–Crippen MR) is 123 cm³/mol. The summed E-state index contributed by atoms with van der Waals surface area (Å²) >= 11 is 0. The molecular weight excluding hydrogens is 407 g/mol. The van der Waals surface area contributed by atoms with E-state index in [2.05, 4.69) is 39.3 Å². The normalized spacial score (nSPS) is 16.6. The molecule has 1 saturated heterocycles. The summed E-state index contributed by atoms with van der Waals surface area (Å²) in [5, 5.41) is 2.67. The molecule has 0 spiro atoms. The SMILES string of the molecule is CN1CCN(c2ccc(-c3cnc(N)c(-c4cc(F)c5c(c4)CCNC5=O)n3)cc2)CC1. The number of carbonyl (C=O) groups is 1. The largest absolute Gasteiger partial charge is 0.382 e. The lowest BCUT2D eigenvalue weighted by atomic mass is 9.96. The van der Waals surface area contributed by atoms with Crippen molar-refractivity contribution in [3.63, 3.8) is 0 Å². The van der Waals surface area contributed by atoms with E-state index < -0.39 is 5.82 Å². The highest BCUT2D eigenvalue weighted by atomic mass is 19.1. The Morgan fingerprint density at radius 2 is 1.81 bits per heavy atom. The van der Waals surface area contributed by atoms with Crippen LogP contribution in [-0.2, 0) is 6.42 Å². The third-order valence-corrected chi connectivity index (χ3v) is 6.18. The number of piperazine rings is 1. The van der Waals surface area contributed by atoms with Crippen LogP contribution in [0.3, 0.4) is 0 Å². The fraction of sp³-hybridized carbons (Fsp3) is 0.292. The quantitative estimate of drug-likeness (QED) is 0.662. The summed E-state index contributed by atoms with van der Waals surface area (Å²) in [7, 11) is 2.14. The lowest BCUT2D eigenvalue weighted by Gasteiger charge is -2.34. The van der Waals surface area contributed by atoms with Crippen LogP contribution >= 0.6 is 0 Å². The first kappa shape index (κ1) is 20.4. The highest BCUT2D eigenvalue weighted by Crippen LogP contribution is 2.31. The Kier molecular flexibility index (Phi) is 5.22. The van der Waals surface area contributed by atoms with Crippen LogP contribution in [0, 0.1) is 5.82 Å². The molecule has 0 atom stereocenters. The topological polar surface area (TPSA) is 87.4 Å². The number of hydrogen-bond acceptors (Lipinski definition) is 6. The van der Waals surface area contributed by atoms with E-state index in [1.807, 2.05) is 12.1 Å². The van der Waals surface area contributed by atoms with E-state index in [0.29, 0.717) is 35.5 Å². The number of amides is 1. The van der Waals surface area contributed by atoms with Gasteiger partial charge in [0.05, 0.1) is 17.5 Å². The summed E-state index contributed by atoms with van der Waals surface area (Å²) in [6.45, 7) is 4.59. The molecule has 0 saturated carbocycles. The molecule has 32 heavy (non-hydrogen) atoms. The highest BCUT2D eigenvalue weighted by Gasteiger charge is 2.23. The number of anilines is 2. The van der Waals surface area contributed by atoms with Gasteiger partial charge in [-0.1, -0.05) is 12.1 Å². The van der Waals surface area contributed by atoms with Crippen LogP contribution in [-0.4, -0.2) is 60.5 Å². The number of benzene rings is 2. The van der Waals surface area contributed by atoms with E-state index in [9.17, 15) is 9.18 Å². The molecule has 2 aliphatic rings. The van der Waals surface area contributed by atoms with Gasteiger partial charge < -0.3 is 20.9 Å². The van der Waals surface area contributed by atoms with Crippen LogP contribution in [0.5, 0.6) is 0 Å². The van der Waals surface area contributed by atoms with Gasteiger partial charge in [-0.15, -0.1) is 0 Å². The van der Waals surface area contributed by atoms with Crippen molar-refractivity contribution in [1.82, 2.24) is 20.2 Å². The Morgan fingerprint density at radius 3 is 2.56 bits per heavy atom. The first-order valence-corrected chi connectivity index (χ1v) is 10.8. The summed E-state index contributed by atoms with van der Waals surface area (Å²) in [5.41, 5.74) is 10.6. The van der Waals surface area contributed by atoms with Crippen molar-refractivity contribution in [3.05, 3.63) is 59.5 Å². The predicted octanol–water partition coefficient (Wildman–Crippen LogP) is 2.57. The van der Waals surface area contributed by atoms with Gasteiger partial charge >= 0.3 is 0 Å². The van der Waals surface area contributed by atoms with Gasteiger partial charge in [-0.25, -0.2) is 14.4 Å². The van der Waals surface area contributed by atoms with Gasteiger partial charge in [0.25, 0.3) is 5.91 Å². The number of nitrogens with two attached hydrogens (primary N) is 1. The van der Waals surface area contributed by atoms with Crippen molar-refractivity contribution < 1.29 is 9.18 Å². The number of nitrogen functional groups attached to an aromatic ring is 1. The molecule has 1 fully saturated rings. The van der Waals surface area contributed by atoms with Gasteiger partial charge in [0.1, 0.15) is 17.3 Å². The third-order valence-electron chi connectivity index (χ3n) is 6.18. The average Bonchev–Trinajstić information content (AvgIpc) is 2.80. The Morgan fingerprint density at radius 1 is 1.06 bits per heavy atom. The van der Waals surface area contributed by atoms with Gasteiger partial charge in [-0.05, 0) is 43.3 Å². The first-order valence-electron chi connectivity index (χ1n) is 10.8. The molecule has 3 aromatic rings. The summed E-state index contributed by atoms with van der Waals surface area (Å²) in [6, 6.07) is 11.3. The van der Waals surface area contributed by atoms with Crippen LogP contribution < -0.4 is 16.0 Å². The maximum absolute atomic E-state index is 14.7. The van der Waals surface area contributed by atoms with Crippen molar-refractivity contribution in [2.75, 3.05) is 50.4 Å². The Labute approximate surface area is 186 Å². The standard InChI is InChI=1S/C24H25FN6O/c1-30-8-10-31(11-9-30)18-4-2-15(3-5-18)20-14-28-23(26)22(29-20)17-12-16-6-7-27-24(32)21(16)19(25)13-17/h2-5,12-14H,6-11H2,1H3,(H2,26,28)(H,27,32). The molecule has 0 unspecified atom stereocenters. The molecule has 3 N–H and O–H groups in total. The smallest absolute Gasteiger partial charge is 0.254 e. The number of hydrogen-bond donors (Lipinski definition) is 2. The van der Waals surface area contributed by atoms with E-state index >= 15 is 0 Å². The number of carbonyl (C=O) groups excluding carboxylic acids is 1. The van der Waals surface area contributed by atoms with Crippen molar-refractivity contribution in [3.8, 4) is 22.5 Å². The van der Waals surface area contributed by atoms with E-state index in [1.165, 1.54) is 11.8 Å². The zero-order chi connectivity index (χ0) is 22.2. The summed E-state index contributed by atoms with van der Waals surface area (Å²) in [4.78, 5) is 25.7. The van der Waals surface area contributed by atoms with Crippen LogP contribution in [0.4, 0.5) is 15.9 Å². The fourth-order valence-electron chi connectivity index (χ4n) is 4.31. The minimum absolute atomic E-state index is 0.0992. The van der Waals surface area contributed by atoms with Crippen LogP contribution in [0.15, 0.2) is 42.6 Å². The van der Waals surface area contributed by atoms with Gasteiger partial charge in [-0.3, -0.25) is 4.79 Å². The molecule has 164 valence electrons. The number of likely N-dealkylation sites (N-methyl/N-ethyl adjacent to an activating group) is 1. The van der Waals surface area contributed by atoms with Gasteiger partial charge in [0, 0.05) is 49.5 Å². The van der Waals surface area contributed by atoms with Crippen molar-refractivity contribution >= 4 is 17.4 Å². The number of halogens is 1. The Bertz CT molecular complexity index is 1170. The minimum Gasteiger partial charge on any atom is -0.382 e. The Hall–Kier alpha value is -3.52. The molecule has 5 rings (SSSR count). The van der Waals surface area contributed by atoms with Gasteiger partial charge in [-0.2, -0.15) is 0 Å². The molecule has 8 heteroatoms. The summed E-state index contributed by atoms with van der Waals surface area (Å²) < 4.78 is 14.7. The number of nitrogens with zero attached hydrogens (tertiary/aromatic N) is 4. The molecule has 0 aliphatic carbocycles. The van der Waals surface area contributed by atoms with Crippen molar-refractivity contribution in [2.24, 2.45) is 0 Å². The molecule has 2 aliphatic heterocycles. The number of nitrogens with one attached hydrogen (secondary N) is 1. The second-order valence-corrected chi connectivity index (χ2v) is 8.32.